The van der Waals surface area contributed by atoms with Crippen LogP contribution in [0.15, 0.2) is 42.6 Å². The van der Waals surface area contributed by atoms with Gasteiger partial charge in [-0.15, -0.1) is 0 Å². The zero-order chi connectivity index (χ0) is 19.6. The molecular formula is C21H27N3O3. The highest BCUT2D eigenvalue weighted by atomic mass is 16.5. The van der Waals surface area contributed by atoms with Crippen molar-refractivity contribution in [1.29, 1.82) is 0 Å². The number of esters is 1. The molecule has 0 aliphatic rings. The highest BCUT2D eigenvalue weighted by molar-refractivity contribution is 6.08. The molecule has 1 aromatic carbocycles. The number of aromatic nitrogens is 1. The van der Waals surface area contributed by atoms with Crippen molar-refractivity contribution >= 4 is 23.4 Å². The van der Waals surface area contributed by atoms with E-state index in [-0.39, 0.29) is 12.5 Å². The Hall–Kier alpha value is -2.89. The molecule has 1 heterocycles. The molecule has 0 bridgehead atoms. The summed E-state index contributed by atoms with van der Waals surface area (Å²) in [6.45, 7) is 8.03. The van der Waals surface area contributed by atoms with Crippen LogP contribution in [0.5, 0.6) is 0 Å². The molecule has 0 saturated carbocycles. The van der Waals surface area contributed by atoms with Crippen molar-refractivity contribution in [2.24, 2.45) is 0 Å². The summed E-state index contributed by atoms with van der Waals surface area (Å²) >= 11 is 0. The number of para-hydroxylation sites is 1. The predicted octanol–water partition coefficient (Wildman–Crippen LogP) is 4.14. The van der Waals surface area contributed by atoms with Gasteiger partial charge in [0.15, 0.2) is 0 Å². The number of anilines is 2. The van der Waals surface area contributed by atoms with Gasteiger partial charge in [-0.1, -0.05) is 26.0 Å². The molecule has 1 amide bonds. The molecule has 0 atom stereocenters. The minimum Gasteiger partial charge on any atom is -0.462 e. The van der Waals surface area contributed by atoms with Crippen molar-refractivity contribution in [3.63, 3.8) is 0 Å². The fourth-order valence-corrected chi connectivity index (χ4v) is 2.79. The highest BCUT2D eigenvalue weighted by Gasteiger charge is 2.16. The summed E-state index contributed by atoms with van der Waals surface area (Å²) in [5.41, 5.74) is 1.26. The van der Waals surface area contributed by atoms with Crippen LogP contribution < -0.4 is 10.2 Å². The van der Waals surface area contributed by atoms with Gasteiger partial charge in [0, 0.05) is 24.8 Å². The maximum absolute atomic E-state index is 12.7. The molecule has 2 rings (SSSR count). The Morgan fingerprint density at radius 3 is 2.44 bits per heavy atom. The summed E-state index contributed by atoms with van der Waals surface area (Å²) in [6.07, 6.45) is 3.65. The molecule has 0 saturated heterocycles. The number of carbonyl (C=O) groups excluding carboxylic acids is 2. The van der Waals surface area contributed by atoms with Gasteiger partial charge in [-0.25, -0.2) is 9.78 Å². The van der Waals surface area contributed by atoms with E-state index >= 15 is 0 Å². The first-order valence-electron chi connectivity index (χ1n) is 9.39. The van der Waals surface area contributed by atoms with Crippen LogP contribution in [-0.4, -0.2) is 36.6 Å². The predicted molar refractivity (Wildman–Crippen MR) is 107 cm³/mol. The van der Waals surface area contributed by atoms with E-state index in [1.807, 2.05) is 0 Å². The third-order valence-electron chi connectivity index (χ3n) is 3.99. The number of nitrogens with one attached hydrogen (secondary N) is 1. The topological polar surface area (TPSA) is 71.5 Å². The van der Waals surface area contributed by atoms with Crippen molar-refractivity contribution in [2.75, 3.05) is 29.9 Å². The zero-order valence-electron chi connectivity index (χ0n) is 16.2. The van der Waals surface area contributed by atoms with Crippen LogP contribution in [0.3, 0.4) is 0 Å². The molecule has 0 fully saturated rings. The summed E-state index contributed by atoms with van der Waals surface area (Å²) in [5.74, 6) is 0.0363. The SMILES string of the molecule is CCCN(CCC)c1cc(C(=O)Nc2ccccc2C(=O)OCC)ccn1. The van der Waals surface area contributed by atoms with Crippen LogP contribution in [0.2, 0.25) is 0 Å². The summed E-state index contributed by atoms with van der Waals surface area (Å²) in [5, 5.41) is 2.81. The number of benzene rings is 1. The summed E-state index contributed by atoms with van der Waals surface area (Å²) in [6, 6.07) is 10.3. The second-order valence-corrected chi connectivity index (χ2v) is 6.11. The smallest absolute Gasteiger partial charge is 0.340 e. The van der Waals surface area contributed by atoms with Gasteiger partial charge in [0.2, 0.25) is 0 Å². The van der Waals surface area contributed by atoms with Crippen LogP contribution in [0.1, 0.15) is 54.3 Å². The normalized spacial score (nSPS) is 10.3. The number of hydrogen-bond acceptors (Lipinski definition) is 5. The lowest BCUT2D eigenvalue weighted by Crippen LogP contribution is -2.26. The van der Waals surface area contributed by atoms with E-state index < -0.39 is 5.97 Å². The van der Waals surface area contributed by atoms with Crippen LogP contribution >= 0.6 is 0 Å². The molecule has 144 valence electrons. The third-order valence-corrected chi connectivity index (χ3v) is 3.99. The lowest BCUT2D eigenvalue weighted by atomic mass is 10.1. The van der Waals surface area contributed by atoms with E-state index in [2.05, 4.69) is 29.0 Å². The Bertz CT molecular complexity index is 771. The van der Waals surface area contributed by atoms with Gasteiger partial charge in [-0.05, 0) is 44.0 Å². The second kappa shape index (κ2) is 10.3. The average Bonchev–Trinajstić information content (AvgIpc) is 2.68. The molecule has 0 aliphatic heterocycles. The molecule has 6 nitrogen and oxygen atoms in total. The van der Waals surface area contributed by atoms with Gasteiger partial charge in [-0.3, -0.25) is 4.79 Å². The number of hydrogen-bond donors (Lipinski definition) is 1. The van der Waals surface area contributed by atoms with Crippen molar-refractivity contribution in [1.82, 2.24) is 4.98 Å². The molecular weight excluding hydrogens is 342 g/mol. The van der Waals surface area contributed by atoms with Gasteiger partial charge in [-0.2, -0.15) is 0 Å². The van der Waals surface area contributed by atoms with Crippen LogP contribution in [-0.2, 0) is 4.74 Å². The lowest BCUT2D eigenvalue weighted by molar-refractivity contribution is 0.0527. The van der Waals surface area contributed by atoms with Gasteiger partial charge in [0.1, 0.15) is 5.82 Å². The van der Waals surface area contributed by atoms with Crippen molar-refractivity contribution in [3.05, 3.63) is 53.7 Å². The largest absolute Gasteiger partial charge is 0.462 e. The zero-order valence-corrected chi connectivity index (χ0v) is 16.2. The van der Waals surface area contributed by atoms with Gasteiger partial charge < -0.3 is 15.0 Å². The molecule has 1 aromatic heterocycles. The lowest BCUT2D eigenvalue weighted by Gasteiger charge is -2.22. The molecule has 27 heavy (non-hydrogen) atoms. The van der Waals surface area contributed by atoms with E-state index in [4.69, 9.17) is 4.74 Å². The number of rotatable bonds is 9. The molecule has 1 N–H and O–H groups in total. The Morgan fingerprint density at radius 1 is 1.07 bits per heavy atom. The molecule has 0 spiro atoms. The number of ether oxygens (including phenoxy) is 1. The van der Waals surface area contributed by atoms with E-state index in [0.717, 1.165) is 31.7 Å². The first kappa shape index (κ1) is 20.4. The Kier molecular flexibility index (Phi) is 7.79. The molecule has 2 aromatic rings. The maximum Gasteiger partial charge on any atom is 0.340 e. The van der Waals surface area contributed by atoms with Gasteiger partial charge in [0.05, 0.1) is 17.9 Å². The van der Waals surface area contributed by atoms with Crippen molar-refractivity contribution in [2.45, 2.75) is 33.6 Å². The summed E-state index contributed by atoms with van der Waals surface area (Å²) in [4.78, 5) is 31.4. The maximum atomic E-state index is 12.7. The van der Waals surface area contributed by atoms with Crippen LogP contribution in [0.25, 0.3) is 0 Å². The quantitative estimate of drug-likeness (QED) is 0.673. The van der Waals surface area contributed by atoms with Crippen LogP contribution in [0.4, 0.5) is 11.5 Å². The Morgan fingerprint density at radius 2 is 1.78 bits per heavy atom. The molecule has 0 aliphatic carbocycles. The number of amides is 1. The van der Waals surface area contributed by atoms with Crippen molar-refractivity contribution < 1.29 is 14.3 Å². The van der Waals surface area contributed by atoms with Crippen LogP contribution in [0, 0.1) is 0 Å². The number of nitrogens with zero attached hydrogens (tertiary/aromatic N) is 2. The number of pyridine rings is 1. The minimum atomic E-state index is -0.458. The fraction of sp³-hybridized carbons (Fsp3) is 0.381. The minimum absolute atomic E-state index is 0.277. The van der Waals surface area contributed by atoms with Gasteiger partial charge in [0.25, 0.3) is 5.91 Å². The second-order valence-electron chi connectivity index (χ2n) is 6.11. The summed E-state index contributed by atoms with van der Waals surface area (Å²) in [7, 11) is 0. The Balaban J connectivity index is 2.22. The van der Waals surface area contributed by atoms with E-state index in [1.54, 1.807) is 49.5 Å². The third kappa shape index (κ3) is 5.54. The summed E-state index contributed by atoms with van der Waals surface area (Å²) < 4.78 is 5.05. The van der Waals surface area contributed by atoms with Crippen molar-refractivity contribution in [3.8, 4) is 0 Å². The number of carbonyl (C=O) groups is 2. The van der Waals surface area contributed by atoms with E-state index in [1.165, 1.54) is 0 Å². The highest BCUT2D eigenvalue weighted by Crippen LogP contribution is 2.19. The Labute approximate surface area is 160 Å². The van der Waals surface area contributed by atoms with E-state index in [9.17, 15) is 9.59 Å². The average molecular weight is 369 g/mol. The van der Waals surface area contributed by atoms with Gasteiger partial charge >= 0.3 is 5.97 Å². The standard InChI is InChI=1S/C21H27N3O3/c1-4-13-24(14-5-2)19-15-16(11-12-22-19)20(25)23-18-10-8-7-9-17(18)21(26)27-6-3/h7-12,15H,4-6,13-14H2,1-3H3,(H,23,25). The molecule has 6 heteroatoms. The molecule has 0 radical (unpaired) electrons. The monoisotopic (exact) mass is 369 g/mol. The fourth-order valence-electron chi connectivity index (χ4n) is 2.79. The first-order chi connectivity index (χ1) is 13.1. The van der Waals surface area contributed by atoms with E-state index in [0.29, 0.717) is 16.8 Å². The first-order valence-corrected chi connectivity index (χ1v) is 9.39. The molecule has 0 unspecified atom stereocenters.